The molecule has 2 aliphatic rings. The average molecular weight is 539 g/mol. The summed E-state index contributed by atoms with van der Waals surface area (Å²) in [6.07, 6.45) is 2.81. The van der Waals surface area contributed by atoms with Gasteiger partial charge in [0, 0.05) is 36.8 Å². The summed E-state index contributed by atoms with van der Waals surface area (Å²) in [4.78, 5) is 12.9. The molecular weight excluding hydrogens is 514 g/mol. The van der Waals surface area contributed by atoms with Gasteiger partial charge in [-0.25, -0.2) is 26.5 Å². The molecule has 4 aromatic rings. The van der Waals surface area contributed by atoms with E-state index in [1.54, 1.807) is 6.20 Å². The first-order chi connectivity index (χ1) is 18.4. The van der Waals surface area contributed by atoms with E-state index >= 15 is 0 Å². The molecule has 6 rings (SSSR count). The number of sulfonamides is 1. The Hall–Kier alpha value is -3.83. The van der Waals surface area contributed by atoms with E-state index in [0.717, 1.165) is 46.7 Å². The highest BCUT2D eigenvalue weighted by Gasteiger charge is 2.31. The SMILES string of the molecule is O=S(=O)(Cc1cc(F)cc(F)c1)N1CCC(c2nc(-c3ccc4c(c3)OCO4)c(-c3ccccn3)[nH]2)CC1. The predicted octanol–water partition coefficient (Wildman–Crippen LogP) is 4.86. The minimum atomic E-state index is -3.74. The van der Waals surface area contributed by atoms with Crippen molar-refractivity contribution in [3.63, 3.8) is 0 Å². The molecule has 196 valence electrons. The van der Waals surface area contributed by atoms with Crippen LogP contribution in [0.3, 0.4) is 0 Å². The quantitative estimate of drug-likeness (QED) is 0.377. The van der Waals surface area contributed by atoms with Crippen LogP contribution in [0.1, 0.15) is 30.1 Å². The van der Waals surface area contributed by atoms with Gasteiger partial charge in [-0.05, 0) is 60.9 Å². The van der Waals surface area contributed by atoms with Crippen molar-refractivity contribution in [2.75, 3.05) is 19.9 Å². The van der Waals surface area contributed by atoms with Crippen LogP contribution in [0, 0.1) is 11.6 Å². The summed E-state index contributed by atoms with van der Waals surface area (Å²) in [6.45, 7) is 0.737. The number of aromatic nitrogens is 3. The third-order valence-corrected chi connectivity index (χ3v) is 8.64. The molecule has 0 saturated carbocycles. The second-order valence-electron chi connectivity index (χ2n) is 9.34. The van der Waals surface area contributed by atoms with Gasteiger partial charge in [-0.15, -0.1) is 0 Å². The molecule has 11 heteroatoms. The van der Waals surface area contributed by atoms with Gasteiger partial charge in [-0.1, -0.05) is 6.07 Å². The Morgan fingerprint density at radius 2 is 1.74 bits per heavy atom. The van der Waals surface area contributed by atoms with Crippen LogP contribution in [-0.4, -0.2) is 47.6 Å². The molecular formula is C27H24F2N4O4S. The van der Waals surface area contributed by atoms with E-state index in [0.29, 0.717) is 24.3 Å². The van der Waals surface area contributed by atoms with E-state index in [1.165, 1.54) is 4.31 Å². The van der Waals surface area contributed by atoms with Gasteiger partial charge < -0.3 is 14.5 Å². The lowest BCUT2D eigenvalue weighted by Crippen LogP contribution is -2.38. The molecule has 8 nitrogen and oxygen atoms in total. The molecule has 2 aromatic carbocycles. The van der Waals surface area contributed by atoms with Crippen molar-refractivity contribution in [2.24, 2.45) is 0 Å². The number of benzene rings is 2. The number of H-pyrrole nitrogens is 1. The van der Waals surface area contributed by atoms with E-state index < -0.39 is 27.4 Å². The van der Waals surface area contributed by atoms with Crippen LogP contribution in [0.25, 0.3) is 22.6 Å². The molecule has 0 spiro atoms. The number of hydrogen-bond donors (Lipinski definition) is 1. The summed E-state index contributed by atoms with van der Waals surface area (Å²) in [5.74, 6) is 0.0305. The Labute approximate surface area is 218 Å². The van der Waals surface area contributed by atoms with Crippen LogP contribution in [0.5, 0.6) is 11.5 Å². The molecule has 0 unspecified atom stereocenters. The molecule has 1 saturated heterocycles. The fourth-order valence-corrected chi connectivity index (χ4v) is 6.47. The number of piperidine rings is 1. The monoisotopic (exact) mass is 538 g/mol. The smallest absolute Gasteiger partial charge is 0.231 e. The fourth-order valence-electron chi connectivity index (χ4n) is 4.94. The summed E-state index contributed by atoms with van der Waals surface area (Å²) in [6, 6.07) is 14.1. The third kappa shape index (κ3) is 4.86. The third-order valence-electron chi connectivity index (χ3n) is 6.79. The largest absolute Gasteiger partial charge is 0.454 e. The zero-order valence-corrected chi connectivity index (χ0v) is 21.0. The van der Waals surface area contributed by atoms with E-state index in [2.05, 4.69) is 9.97 Å². The average Bonchev–Trinajstić information content (AvgIpc) is 3.55. The highest BCUT2D eigenvalue weighted by atomic mass is 32.2. The maximum atomic E-state index is 13.6. The maximum Gasteiger partial charge on any atom is 0.231 e. The molecule has 1 N–H and O–H groups in total. The highest BCUT2D eigenvalue weighted by molar-refractivity contribution is 7.88. The first-order valence-electron chi connectivity index (χ1n) is 12.2. The molecule has 0 atom stereocenters. The maximum absolute atomic E-state index is 13.6. The van der Waals surface area contributed by atoms with Crippen molar-refractivity contribution < 1.29 is 26.7 Å². The summed E-state index contributed by atoms with van der Waals surface area (Å²) in [5, 5.41) is 0. The highest BCUT2D eigenvalue weighted by Crippen LogP contribution is 2.39. The van der Waals surface area contributed by atoms with E-state index in [-0.39, 0.29) is 31.4 Å². The van der Waals surface area contributed by atoms with E-state index in [4.69, 9.17) is 14.5 Å². The Kier molecular flexibility index (Phi) is 6.32. The second kappa shape index (κ2) is 9.80. The molecule has 2 aromatic heterocycles. The van der Waals surface area contributed by atoms with Gasteiger partial charge >= 0.3 is 0 Å². The van der Waals surface area contributed by atoms with Gasteiger partial charge in [0.05, 0.1) is 22.8 Å². The predicted molar refractivity (Wildman–Crippen MR) is 136 cm³/mol. The lowest BCUT2D eigenvalue weighted by Gasteiger charge is -2.30. The van der Waals surface area contributed by atoms with Gasteiger partial charge in [0.2, 0.25) is 16.8 Å². The zero-order valence-electron chi connectivity index (χ0n) is 20.2. The topological polar surface area (TPSA) is 97.4 Å². The normalized spacial score (nSPS) is 16.2. The van der Waals surface area contributed by atoms with E-state index in [1.807, 2.05) is 36.4 Å². The number of pyridine rings is 1. The van der Waals surface area contributed by atoms with Crippen LogP contribution in [0.2, 0.25) is 0 Å². The standard InChI is InChI=1S/C27H24F2N4O4S/c28-20-11-17(12-21(29)14-20)15-38(34,35)33-9-6-18(7-10-33)27-31-25(26(32-27)22-3-1-2-8-30-22)19-4-5-23-24(13-19)37-16-36-23/h1-5,8,11-14,18H,6-7,9-10,15-16H2,(H,31,32). The van der Waals surface area contributed by atoms with Crippen molar-refractivity contribution in [2.45, 2.75) is 24.5 Å². The molecule has 0 aliphatic carbocycles. The van der Waals surface area contributed by atoms with Gasteiger partial charge in [0.15, 0.2) is 11.5 Å². The van der Waals surface area contributed by atoms with Crippen molar-refractivity contribution in [3.05, 3.63) is 83.8 Å². The number of hydrogen-bond acceptors (Lipinski definition) is 6. The molecule has 0 amide bonds. The number of fused-ring (bicyclic) bond motifs is 1. The number of imidazole rings is 1. The Morgan fingerprint density at radius 1 is 0.974 bits per heavy atom. The van der Waals surface area contributed by atoms with Crippen molar-refractivity contribution in [1.29, 1.82) is 0 Å². The number of rotatable bonds is 6. The van der Waals surface area contributed by atoms with Gasteiger partial charge in [-0.3, -0.25) is 4.98 Å². The lowest BCUT2D eigenvalue weighted by atomic mass is 9.97. The fraction of sp³-hybridized carbons (Fsp3) is 0.259. The lowest BCUT2D eigenvalue weighted by molar-refractivity contribution is 0.174. The Balaban J connectivity index is 1.24. The zero-order chi connectivity index (χ0) is 26.3. The molecule has 4 heterocycles. The number of nitrogens with zero attached hydrogens (tertiary/aromatic N) is 3. The minimum Gasteiger partial charge on any atom is -0.454 e. The molecule has 1 fully saturated rings. The minimum absolute atomic E-state index is 0.00159. The van der Waals surface area contributed by atoms with Crippen molar-refractivity contribution in [1.82, 2.24) is 19.3 Å². The summed E-state index contributed by atoms with van der Waals surface area (Å²) >= 11 is 0. The van der Waals surface area contributed by atoms with E-state index in [9.17, 15) is 17.2 Å². The summed E-state index contributed by atoms with van der Waals surface area (Å²) < 4.78 is 65.4. The van der Waals surface area contributed by atoms with Crippen LogP contribution in [0.15, 0.2) is 60.8 Å². The molecule has 2 aliphatic heterocycles. The number of halogens is 2. The van der Waals surface area contributed by atoms with Crippen molar-refractivity contribution in [3.8, 4) is 34.1 Å². The first kappa shape index (κ1) is 24.5. The van der Waals surface area contributed by atoms with Crippen LogP contribution in [0.4, 0.5) is 8.78 Å². The van der Waals surface area contributed by atoms with Gasteiger partial charge in [-0.2, -0.15) is 0 Å². The number of aromatic amines is 1. The Morgan fingerprint density at radius 3 is 2.47 bits per heavy atom. The number of ether oxygens (including phenoxy) is 2. The molecule has 0 radical (unpaired) electrons. The summed E-state index contributed by atoms with van der Waals surface area (Å²) in [5.41, 5.74) is 3.16. The first-order valence-corrected chi connectivity index (χ1v) is 13.8. The molecule has 0 bridgehead atoms. The Bertz CT molecular complexity index is 1570. The second-order valence-corrected chi connectivity index (χ2v) is 11.3. The van der Waals surface area contributed by atoms with Gasteiger partial charge in [0.1, 0.15) is 17.5 Å². The molecule has 38 heavy (non-hydrogen) atoms. The van der Waals surface area contributed by atoms with Crippen molar-refractivity contribution >= 4 is 10.0 Å². The van der Waals surface area contributed by atoms with Crippen LogP contribution >= 0.6 is 0 Å². The number of nitrogens with one attached hydrogen (secondary N) is 1. The van der Waals surface area contributed by atoms with Crippen LogP contribution in [-0.2, 0) is 15.8 Å². The van der Waals surface area contributed by atoms with Gasteiger partial charge in [0.25, 0.3) is 0 Å². The van der Waals surface area contributed by atoms with Crippen LogP contribution < -0.4 is 9.47 Å². The summed E-state index contributed by atoms with van der Waals surface area (Å²) in [7, 11) is -3.74.